The van der Waals surface area contributed by atoms with E-state index < -0.39 is 24.4 Å². The van der Waals surface area contributed by atoms with Crippen LogP contribution in [0.2, 0.25) is 0 Å². The Hall–Kier alpha value is -3.73. The molecule has 2 aliphatic carbocycles. The monoisotopic (exact) mass is 507 g/mol. The second kappa shape index (κ2) is 7.88. The molecular weight excluding hydrogens is 483 g/mol. The Morgan fingerprint density at radius 3 is 2.68 bits per heavy atom. The summed E-state index contributed by atoms with van der Waals surface area (Å²) in [5, 5.41) is 6.92. The minimum Gasteiger partial charge on any atom is -0.324 e. The lowest BCUT2D eigenvalue weighted by Gasteiger charge is -2.40. The van der Waals surface area contributed by atoms with E-state index in [-0.39, 0.29) is 17.3 Å². The second-order valence-electron chi connectivity index (χ2n) is 10.2. The van der Waals surface area contributed by atoms with E-state index in [0.29, 0.717) is 22.7 Å². The molecule has 1 aromatic carbocycles. The summed E-state index contributed by atoms with van der Waals surface area (Å²) in [6.45, 7) is 1.75. The molecule has 2 fully saturated rings. The third kappa shape index (κ3) is 3.79. The molecule has 4 heterocycles. The van der Waals surface area contributed by atoms with Gasteiger partial charge in [-0.1, -0.05) is 6.07 Å². The van der Waals surface area contributed by atoms with Gasteiger partial charge in [0.05, 0.1) is 30.3 Å². The molecule has 0 spiro atoms. The lowest BCUT2D eigenvalue weighted by Crippen LogP contribution is -2.46. The minimum absolute atomic E-state index is 0.0183. The summed E-state index contributed by atoms with van der Waals surface area (Å²) >= 11 is 0. The quantitative estimate of drug-likeness (QED) is 0.419. The molecule has 0 saturated heterocycles. The average Bonchev–Trinajstić information content (AvgIpc) is 3.66. The molecule has 2 N–H and O–H groups in total. The summed E-state index contributed by atoms with van der Waals surface area (Å²) in [5.41, 5.74) is 1.64. The van der Waals surface area contributed by atoms with E-state index in [2.05, 4.69) is 37.7 Å². The van der Waals surface area contributed by atoms with Crippen molar-refractivity contribution in [3.05, 3.63) is 69.9 Å². The Kier molecular flexibility index (Phi) is 4.79. The number of nitrogens with one attached hydrogen (secondary N) is 2. The average molecular weight is 508 g/mol. The van der Waals surface area contributed by atoms with Crippen LogP contribution in [0.5, 0.6) is 0 Å². The van der Waals surface area contributed by atoms with Crippen molar-refractivity contribution in [3.8, 4) is 5.69 Å². The highest BCUT2D eigenvalue weighted by atomic mass is 19.3. The van der Waals surface area contributed by atoms with Gasteiger partial charge < -0.3 is 10.6 Å². The molecule has 7 rings (SSSR count). The van der Waals surface area contributed by atoms with Gasteiger partial charge in [-0.3, -0.25) is 9.78 Å². The first-order valence-electron chi connectivity index (χ1n) is 12.4. The zero-order chi connectivity index (χ0) is 25.4. The maximum Gasteiger partial charge on any atom is 0.278 e. The van der Waals surface area contributed by atoms with Crippen molar-refractivity contribution in [1.82, 2.24) is 29.6 Å². The number of anilines is 2. The fraction of sp³-hybridized carbons (Fsp3) is 0.385. The first-order valence-corrected chi connectivity index (χ1v) is 12.4. The van der Waals surface area contributed by atoms with Gasteiger partial charge in [-0.15, -0.1) is 0 Å². The summed E-state index contributed by atoms with van der Waals surface area (Å²) in [5.74, 6) is -2.73. The standard InChI is InChI=1S/C26H24F3N7O/c27-25(13-26(28,29)14-25)21-10-19(6-8-31-21)35-22-20(23(37)36(35)18-3-4-18)12-32-24(34-22)33-17-2-1-15-5-7-30-11-16(15)9-17/h1-2,6,8-10,12,18,30H,3-5,7,11,13-14H2,(H,32,33,34). The normalized spacial score (nSPS) is 19.9. The number of rotatable bonds is 5. The van der Waals surface area contributed by atoms with Gasteiger partial charge in [-0.05, 0) is 61.2 Å². The number of nitrogens with zero attached hydrogens (tertiary/aromatic N) is 5. The number of hydrogen-bond acceptors (Lipinski definition) is 6. The van der Waals surface area contributed by atoms with Crippen LogP contribution in [-0.4, -0.2) is 36.8 Å². The molecule has 4 aromatic rings. The van der Waals surface area contributed by atoms with Crippen molar-refractivity contribution in [1.29, 1.82) is 0 Å². The second-order valence-corrected chi connectivity index (χ2v) is 10.2. The third-order valence-electron chi connectivity index (χ3n) is 7.39. The first-order chi connectivity index (χ1) is 17.8. The summed E-state index contributed by atoms with van der Waals surface area (Å²) in [4.78, 5) is 26.4. The maximum atomic E-state index is 15.2. The predicted molar refractivity (Wildman–Crippen MR) is 131 cm³/mol. The fourth-order valence-electron chi connectivity index (χ4n) is 5.39. The van der Waals surface area contributed by atoms with Crippen LogP contribution in [0.1, 0.15) is 48.5 Å². The van der Waals surface area contributed by atoms with E-state index in [9.17, 15) is 13.6 Å². The molecule has 0 atom stereocenters. The molecule has 0 amide bonds. The predicted octanol–water partition coefficient (Wildman–Crippen LogP) is 4.30. The fourth-order valence-corrected chi connectivity index (χ4v) is 5.39. The highest BCUT2D eigenvalue weighted by molar-refractivity contribution is 5.77. The number of hydrogen-bond donors (Lipinski definition) is 2. The van der Waals surface area contributed by atoms with Gasteiger partial charge in [0.15, 0.2) is 11.3 Å². The van der Waals surface area contributed by atoms with Crippen molar-refractivity contribution >= 4 is 22.7 Å². The van der Waals surface area contributed by atoms with E-state index in [1.165, 1.54) is 29.6 Å². The topological polar surface area (TPSA) is 89.7 Å². The Morgan fingerprint density at radius 1 is 1.05 bits per heavy atom. The van der Waals surface area contributed by atoms with Crippen LogP contribution in [0.3, 0.4) is 0 Å². The molecule has 0 bridgehead atoms. The Bertz CT molecular complexity index is 1600. The molecule has 3 aromatic heterocycles. The molecule has 0 unspecified atom stereocenters. The van der Waals surface area contributed by atoms with Gasteiger partial charge in [-0.25, -0.2) is 27.5 Å². The maximum absolute atomic E-state index is 15.2. The zero-order valence-electron chi connectivity index (χ0n) is 19.8. The first kappa shape index (κ1) is 22.5. The van der Waals surface area contributed by atoms with Gasteiger partial charge in [0.1, 0.15) is 5.39 Å². The largest absolute Gasteiger partial charge is 0.324 e. The molecule has 3 aliphatic rings. The van der Waals surface area contributed by atoms with Crippen molar-refractivity contribution < 1.29 is 13.2 Å². The molecule has 11 heteroatoms. The number of halogens is 3. The highest BCUT2D eigenvalue weighted by Gasteiger charge is 2.59. The minimum atomic E-state index is -3.04. The van der Waals surface area contributed by atoms with Crippen LogP contribution in [0.25, 0.3) is 16.7 Å². The SMILES string of the molecule is O=c1c2cnc(Nc3ccc4c(c3)CNCC4)nc2n(-c2ccnc(C3(F)CC(F)(F)C3)c2)n1C1CC1. The van der Waals surface area contributed by atoms with Gasteiger partial charge in [0.2, 0.25) is 5.95 Å². The number of aromatic nitrogens is 5. The number of pyridine rings is 1. The Balaban J connectivity index is 1.31. The number of fused-ring (bicyclic) bond motifs is 2. The van der Waals surface area contributed by atoms with Crippen molar-refractivity contribution in [2.45, 2.75) is 56.3 Å². The zero-order valence-corrected chi connectivity index (χ0v) is 19.8. The van der Waals surface area contributed by atoms with E-state index in [4.69, 9.17) is 0 Å². The number of benzene rings is 1. The van der Waals surface area contributed by atoms with Gasteiger partial charge in [0.25, 0.3) is 11.5 Å². The molecular formula is C26H24F3N7O. The van der Waals surface area contributed by atoms with Crippen molar-refractivity contribution in [2.75, 3.05) is 11.9 Å². The molecule has 37 heavy (non-hydrogen) atoms. The Labute approximate surface area is 209 Å². The van der Waals surface area contributed by atoms with Crippen LogP contribution in [-0.2, 0) is 18.6 Å². The summed E-state index contributed by atoms with van der Waals surface area (Å²) in [6, 6.07) is 9.18. The third-order valence-corrected chi connectivity index (χ3v) is 7.39. The van der Waals surface area contributed by atoms with Crippen LogP contribution < -0.4 is 16.2 Å². The Morgan fingerprint density at radius 2 is 1.89 bits per heavy atom. The van der Waals surface area contributed by atoms with Crippen molar-refractivity contribution in [3.63, 3.8) is 0 Å². The lowest BCUT2D eigenvalue weighted by atomic mass is 9.76. The van der Waals surface area contributed by atoms with E-state index >= 15 is 4.39 Å². The summed E-state index contributed by atoms with van der Waals surface area (Å²) in [6.07, 6.45) is 3.72. The molecule has 0 radical (unpaired) electrons. The summed E-state index contributed by atoms with van der Waals surface area (Å²) in [7, 11) is 0. The van der Waals surface area contributed by atoms with E-state index in [1.807, 2.05) is 6.07 Å². The van der Waals surface area contributed by atoms with Crippen LogP contribution in [0.15, 0.2) is 47.5 Å². The molecule has 1 aliphatic heterocycles. The smallest absolute Gasteiger partial charge is 0.278 e. The van der Waals surface area contributed by atoms with Gasteiger partial charge in [0, 0.05) is 24.6 Å². The van der Waals surface area contributed by atoms with Gasteiger partial charge in [-0.2, -0.15) is 4.98 Å². The van der Waals surface area contributed by atoms with Gasteiger partial charge >= 0.3 is 0 Å². The molecule has 8 nitrogen and oxygen atoms in total. The highest BCUT2D eigenvalue weighted by Crippen LogP contribution is 2.54. The van der Waals surface area contributed by atoms with E-state index in [1.54, 1.807) is 15.4 Å². The van der Waals surface area contributed by atoms with Crippen molar-refractivity contribution in [2.24, 2.45) is 0 Å². The molecule has 2 saturated carbocycles. The molecule has 190 valence electrons. The summed E-state index contributed by atoms with van der Waals surface area (Å²) < 4.78 is 45.4. The van der Waals surface area contributed by atoms with E-state index in [0.717, 1.165) is 38.0 Å². The van der Waals surface area contributed by atoms with Crippen LogP contribution in [0, 0.1) is 0 Å². The van der Waals surface area contributed by atoms with Crippen LogP contribution in [0.4, 0.5) is 24.8 Å². The number of alkyl halides is 3. The van der Waals surface area contributed by atoms with Crippen LogP contribution >= 0.6 is 0 Å². The lowest BCUT2D eigenvalue weighted by molar-refractivity contribution is -0.176.